The van der Waals surface area contributed by atoms with E-state index >= 15 is 0 Å². The van der Waals surface area contributed by atoms with Crippen molar-refractivity contribution in [2.75, 3.05) is 0 Å². The van der Waals surface area contributed by atoms with Crippen molar-refractivity contribution in [3.63, 3.8) is 0 Å². The van der Waals surface area contributed by atoms with Gasteiger partial charge in [-0.1, -0.05) is 91.0 Å². The summed E-state index contributed by atoms with van der Waals surface area (Å²) >= 11 is 0. The average Bonchev–Trinajstić information content (AvgIpc) is 2.86. The van der Waals surface area contributed by atoms with Crippen LogP contribution >= 0.6 is 7.26 Å². The Morgan fingerprint density at radius 2 is 0.875 bits per heavy atom. The lowest BCUT2D eigenvalue weighted by atomic mass is 10.1. The first kappa shape index (κ1) is 22.5. The molecule has 0 saturated heterocycles. The van der Waals surface area contributed by atoms with Crippen LogP contribution in [0.3, 0.4) is 0 Å². The Balaban J connectivity index is 0.00000245. The quantitative estimate of drug-likeness (QED) is 0.323. The lowest BCUT2D eigenvalue weighted by molar-refractivity contribution is -0.00000593. The number of hydrogen-bond donors (Lipinski definition) is 0. The molecule has 1 unspecified atom stereocenters. The molecule has 0 aliphatic carbocycles. The van der Waals surface area contributed by atoms with Gasteiger partial charge in [0.2, 0.25) is 0 Å². The highest BCUT2D eigenvalue weighted by atomic mass is 79.9. The molecule has 2 heteroatoms. The van der Waals surface area contributed by atoms with E-state index in [0.29, 0.717) is 5.66 Å². The molecule has 5 rings (SSSR count). The third kappa shape index (κ3) is 3.92. The van der Waals surface area contributed by atoms with Crippen LogP contribution in [0.1, 0.15) is 18.1 Å². The lowest BCUT2D eigenvalue weighted by Crippen LogP contribution is -3.00. The van der Waals surface area contributed by atoms with Crippen LogP contribution in [0, 0.1) is 0 Å². The van der Waals surface area contributed by atoms with Gasteiger partial charge in [0.15, 0.2) is 0 Å². The highest BCUT2D eigenvalue weighted by molar-refractivity contribution is 7.95. The van der Waals surface area contributed by atoms with Crippen molar-refractivity contribution in [3.05, 3.63) is 139 Å². The Hall–Kier alpha value is -2.73. The van der Waals surface area contributed by atoms with Gasteiger partial charge in [0.1, 0.15) is 28.8 Å². The standard InChI is InChI=1S/C30H26P.BrH/c1-24(26-22-21-25-13-11-12-14-27(25)23-26)31(28-15-5-2-6-16-28,29-17-7-3-8-18-29)30-19-9-4-10-20-30;/h2-24H,1H3;1H/q+1;/p-1. The van der Waals surface area contributed by atoms with Crippen molar-refractivity contribution in [1.82, 2.24) is 0 Å². The second kappa shape index (κ2) is 9.82. The van der Waals surface area contributed by atoms with Gasteiger partial charge < -0.3 is 17.0 Å². The van der Waals surface area contributed by atoms with Crippen molar-refractivity contribution in [1.29, 1.82) is 0 Å². The zero-order valence-corrected chi connectivity index (χ0v) is 20.6. The second-order valence-electron chi connectivity index (χ2n) is 8.01. The van der Waals surface area contributed by atoms with Gasteiger partial charge in [-0.2, -0.15) is 0 Å². The zero-order chi connectivity index (χ0) is 21.1. The summed E-state index contributed by atoms with van der Waals surface area (Å²) in [5, 5.41) is 6.87. The fourth-order valence-corrected chi connectivity index (χ4v) is 9.57. The SMILES string of the molecule is CC(c1ccc2ccccc2c1)[P+](c1ccccc1)(c1ccccc1)c1ccccc1.[Br-]. The Labute approximate surface area is 202 Å². The maximum atomic E-state index is 2.42. The van der Waals surface area contributed by atoms with Crippen molar-refractivity contribution in [3.8, 4) is 0 Å². The molecule has 0 aliphatic heterocycles. The topological polar surface area (TPSA) is 0 Å². The van der Waals surface area contributed by atoms with E-state index in [0.717, 1.165) is 0 Å². The molecule has 0 spiro atoms. The van der Waals surface area contributed by atoms with Crippen molar-refractivity contribution >= 4 is 33.9 Å². The van der Waals surface area contributed by atoms with Crippen molar-refractivity contribution < 1.29 is 17.0 Å². The summed E-state index contributed by atoms with van der Waals surface area (Å²) in [6.45, 7) is 2.42. The van der Waals surface area contributed by atoms with Gasteiger partial charge in [-0.25, -0.2) is 0 Å². The Morgan fingerprint density at radius 1 is 0.469 bits per heavy atom. The second-order valence-corrected chi connectivity index (χ2v) is 11.8. The maximum absolute atomic E-state index is 2.42. The summed E-state index contributed by atoms with van der Waals surface area (Å²) < 4.78 is 0. The normalized spacial score (nSPS) is 12.2. The summed E-state index contributed by atoms with van der Waals surface area (Å²) in [6.07, 6.45) is 0. The summed E-state index contributed by atoms with van der Waals surface area (Å²) in [4.78, 5) is 0. The van der Waals surface area contributed by atoms with Gasteiger partial charge in [0, 0.05) is 0 Å². The summed E-state index contributed by atoms with van der Waals surface area (Å²) in [6, 6.07) is 49.1. The molecule has 0 radical (unpaired) electrons. The van der Waals surface area contributed by atoms with Gasteiger partial charge in [-0.3, -0.25) is 0 Å². The molecule has 0 amide bonds. The molecule has 5 aromatic rings. The number of hydrogen-bond acceptors (Lipinski definition) is 0. The van der Waals surface area contributed by atoms with Gasteiger partial charge in [0.05, 0.1) is 0 Å². The van der Waals surface area contributed by atoms with Gasteiger partial charge in [-0.15, -0.1) is 0 Å². The molecular weight excluding hydrogens is 471 g/mol. The van der Waals surface area contributed by atoms with Gasteiger partial charge >= 0.3 is 0 Å². The van der Waals surface area contributed by atoms with Crippen LogP contribution < -0.4 is 32.9 Å². The molecule has 0 saturated carbocycles. The number of fused-ring (bicyclic) bond motifs is 1. The first-order valence-corrected chi connectivity index (χ1v) is 12.7. The predicted molar refractivity (Wildman–Crippen MR) is 138 cm³/mol. The van der Waals surface area contributed by atoms with Crippen LogP contribution in [0.15, 0.2) is 133 Å². The highest BCUT2D eigenvalue weighted by Gasteiger charge is 2.50. The third-order valence-electron chi connectivity index (χ3n) is 6.33. The number of benzene rings is 5. The predicted octanol–water partition coefficient (Wildman–Crippen LogP) is 3.90. The third-order valence-corrected chi connectivity index (χ3v) is 11.1. The van der Waals surface area contributed by atoms with Crippen LogP contribution in [-0.2, 0) is 0 Å². The van der Waals surface area contributed by atoms with Crippen LogP contribution in [0.25, 0.3) is 10.8 Å². The fraction of sp³-hybridized carbons (Fsp3) is 0.0667. The Morgan fingerprint density at radius 3 is 1.34 bits per heavy atom. The van der Waals surface area contributed by atoms with E-state index in [9.17, 15) is 0 Å². The van der Waals surface area contributed by atoms with E-state index in [1.807, 2.05) is 0 Å². The van der Waals surface area contributed by atoms with E-state index < -0.39 is 7.26 Å². The number of rotatable bonds is 5. The highest BCUT2D eigenvalue weighted by Crippen LogP contribution is 2.66. The minimum Gasteiger partial charge on any atom is -1.00 e. The maximum Gasteiger partial charge on any atom is 0.119 e. The summed E-state index contributed by atoms with van der Waals surface area (Å²) in [7, 11) is -1.94. The van der Waals surface area contributed by atoms with E-state index in [2.05, 4.69) is 140 Å². The molecule has 0 nitrogen and oxygen atoms in total. The molecule has 1 atom stereocenters. The molecule has 0 aliphatic rings. The molecule has 0 N–H and O–H groups in total. The minimum absolute atomic E-state index is 0. The van der Waals surface area contributed by atoms with E-state index in [1.165, 1.54) is 32.2 Å². The molecule has 0 heterocycles. The van der Waals surface area contributed by atoms with Crippen molar-refractivity contribution in [2.45, 2.75) is 12.6 Å². The molecule has 0 bridgehead atoms. The summed E-state index contributed by atoms with van der Waals surface area (Å²) in [5.41, 5.74) is 1.73. The van der Waals surface area contributed by atoms with Crippen molar-refractivity contribution in [2.24, 2.45) is 0 Å². The molecule has 158 valence electrons. The van der Waals surface area contributed by atoms with Crippen LogP contribution in [0.2, 0.25) is 0 Å². The smallest absolute Gasteiger partial charge is 0.119 e. The van der Waals surface area contributed by atoms with E-state index in [4.69, 9.17) is 0 Å². The van der Waals surface area contributed by atoms with E-state index in [-0.39, 0.29) is 17.0 Å². The fourth-order valence-electron chi connectivity index (χ4n) is 4.80. The lowest BCUT2D eigenvalue weighted by Gasteiger charge is -2.33. The molecule has 0 aromatic heterocycles. The van der Waals surface area contributed by atoms with Crippen LogP contribution in [0.5, 0.6) is 0 Å². The van der Waals surface area contributed by atoms with E-state index in [1.54, 1.807) is 0 Å². The Kier molecular flexibility index (Phi) is 6.89. The molecular formula is C30H26BrP. The number of halogens is 1. The van der Waals surface area contributed by atoms with Crippen LogP contribution in [-0.4, -0.2) is 0 Å². The zero-order valence-electron chi connectivity index (χ0n) is 18.1. The minimum atomic E-state index is -1.94. The Bertz CT molecular complexity index is 1190. The summed E-state index contributed by atoms with van der Waals surface area (Å²) in [5.74, 6) is 0. The average molecular weight is 497 g/mol. The first-order chi connectivity index (χ1) is 15.3. The van der Waals surface area contributed by atoms with Crippen LogP contribution in [0.4, 0.5) is 0 Å². The molecule has 0 fully saturated rings. The first-order valence-electron chi connectivity index (χ1n) is 10.8. The van der Waals surface area contributed by atoms with Gasteiger partial charge in [0.25, 0.3) is 0 Å². The largest absolute Gasteiger partial charge is 1.00 e. The molecule has 5 aromatic carbocycles. The van der Waals surface area contributed by atoms with Gasteiger partial charge in [-0.05, 0) is 65.7 Å². The molecule has 32 heavy (non-hydrogen) atoms. The monoisotopic (exact) mass is 496 g/mol.